The van der Waals surface area contributed by atoms with E-state index in [1.165, 1.54) is 0 Å². The molecule has 1 amide bonds. The van der Waals surface area contributed by atoms with Gasteiger partial charge < -0.3 is 15.0 Å². The molecule has 2 unspecified atom stereocenters. The molecule has 0 aliphatic rings. The van der Waals surface area contributed by atoms with Crippen LogP contribution in [0.5, 0.6) is 0 Å². The molecule has 0 bridgehead atoms. The van der Waals surface area contributed by atoms with Crippen molar-refractivity contribution < 1.29 is 14.7 Å². The topological polar surface area (TPSA) is 71.3 Å². The Hall–Kier alpha value is -2.27. The van der Waals surface area contributed by atoms with E-state index in [0.717, 1.165) is 5.56 Å². The summed E-state index contributed by atoms with van der Waals surface area (Å²) < 4.78 is 1.60. The highest BCUT2D eigenvalue weighted by Gasteiger charge is 2.27. The van der Waals surface area contributed by atoms with E-state index < -0.39 is 17.9 Å². The number of carbonyl (C=O) groups is 2. The fourth-order valence-electron chi connectivity index (χ4n) is 2.27. The molecule has 1 aromatic heterocycles. The summed E-state index contributed by atoms with van der Waals surface area (Å²) in [5.74, 6) is -2.10. The van der Waals surface area contributed by atoms with Crippen LogP contribution in [-0.4, -0.2) is 21.6 Å². The van der Waals surface area contributed by atoms with Gasteiger partial charge in [0.05, 0.1) is 17.0 Å². The largest absolute Gasteiger partial charge is 0.481 e. The molecule has 0 aliphatic heterocycles. The molecule has 0 spiro atoms. The van der Waals surface area contributed by atoms with Crippen molar-refractivity contribution in [3.63, 3.8) is 0 Å². The third kappa shape index (κ3) is 3.49. The van der Waals surface area contributed by atoms with Crippen LogP contribution in [0.3, 0.4) is 0 Å². The van der Waals surface area contributed by atoms with Gasteiger partial charge in [-0.3, -0.25) is 9.59 Å². The first-order valence-electron chi connectivity index (χ1n) is 6.80. The number of carboxylic acid groups (broad SMARTS) is 1. The maximum atomic E-state index is 12.4. The molecule has 0 radical (unpaired) electrons. The quantitative estimate of drug-likeness (QED) is 0.890. The Balaban J connectivity index is 2.29. The zero-order valence-corrected chi connectivity index (χ0v) is 13.0. The average Bonchev–Trinajstić information content (AvgIpc) is 2.83. The molecule has 2 aromatic rings. The molecular weight excluding hydrogens is 304 g/mol. The number of hydrogen-bond acceptors (Lipinski definition) is 2. The molecule has 2 rings (SSSR count). The molecule has 2 atom stereocenters. The highest BCUT2D eigenvalue weighted by molar-refractivity contribution is 6.31. The molecule has 0 saturated carbocycles. The SMILES string of the molecule is CC(C(=O)O)C(NC(=O)c1cc(Cl)cn1C)c1ccccc1. The number of aliphatic carboxylic acids is 1. The van der Waals surface area contributed by atoms with Crippen molar-refractivity contribution in [2.24, 2.45) is 13.0 Å². The maximum Gasteiger partial charge on any atom is 0.308 e. The second kappa shape index (κ2) is 6.66. The monoisotopic (exact) mass is 320 g/mol. The number of carbonyl (C=O) groups excluding carboxylic acids is 1. The molecule has 22 heavy (non-hydrogen) atoms. The maximum absolute atomic E-state index is 12.4. The lowest BCUT2D eigenvalue weighted by Crippen LogP contribution is -2.36. The van der Waals surface area contributed by atoms with Gasteiger partial charge in [0.25, 0.3) is 5.91 Å². The van der Waals surface area contributed by atoms with Crippen molar-refractivity contribution in [3.05, 3.63) is 58.9 Å². The van der Waals surface area contributed by atoms with Gasteiger partial charge in [-0.25, -0.2) is 0 Å². The summed E-state index contributed by atoms with van der Waals surface area (Å²) in [7, 11) is 1.71. The number of hydrogen-bond donors (Lipinski definition) is 2. The van der Waals surface area contributed by atoms with Gasteiger partial charge in [0, 0.05) is 13.2 Å². The minimum atomic E-state index is -0.973. The summed E-state index contributed by atoms with van der Waals surface area (Å²) >= 11 is 5.88. The number of nitrogens with one attached hydrogen (secondary N) is 1. The minimum Gasteiger partial charge on any atom is -0.481 e. The van der Waals surface area contributed by atoms with E-state index in [1.54, 1.807) is 42.9 Å². The molecule has 2 N–H and O–H groups in total. The number of rotatable bonds is 5. The smallest absolute Gasteiger partial charge is 0.308 e. The molecule has 6 heteroatoms. The Labute approximate surface area is 133 Å². The molecule has 116 valence electrons. The number of aromatic nitrogens is 1. The van der Waals surface area contributed by atoms with Crippen LogP contribution in [0.4, 0.5) is 0 Å². The van der Waals surface area contributed by atoms with Crippen LogP contribution in [-0.2, 0) is 11.8 Å². The van der Waals surface area contributed by atoms with Gasteiger partial charge in [-0.2, -0.15) is 0 Å². The van der Waals surface area contributed by atoms with Gasteiger partial charge in [-0.05, 0) is 18.6 Å². The summed E-state index contributed by atoms with van der Waals surface area (Å²) in [5.41, 5.74) is 1.12. The van der Waals surface area contributed by atoms with E-state index in [2.05, 4.69) is 5.32 Å². The summed E-state index contributed by atoms with van der Waals surface area (Å²) in [4.78, 5) is 23.7. The molecule has 0 aliphatic carbocycles. The summed E-state index contributed by atoms with van der Waals surface area (Å²) in [6.45, 7) is 1.57. The lowest BCUT2D eigenvalue weighted by atomic mass is 9.94. The lowest BCUT2D eigenvalue weighted by Gasteiger charge is -2.23. The zero-order valence-electron chi connectivity index (χ0n) is 12.3. The first-order valence-corrected chi connectivity index (χ1v) is 7.18. The molecule has 0 fully saturated rings. The van der Waals surface area contributed by atoms with Crippen molar-refractivity contribution in [2.45, 2.75) is 13.0 Å². The number of halogens is 1. The molecule has 1 aromatic carbocycles. The fraction of sp³-hybridized carbons (Fsp3) is 0.250. The van der Waals surface area contributed by atoms with Gasteiger partial charge in [-0.15, -0.1) is 0 Å². The average molecular weight is 321 g/mol. The number of amides is 1. The van der Waals surface area contributed by atoms with Crippen LogP contribution in [0, 0.1) is 5.92 Å². The first kappa shape index (κ1) is 16.1. The highest BCUT2D eigenvalue weighted by atomic mass is 35.5. The van der Waals surface area contributed by atoms with Crippen molar-refractivity contribution in [1.29, 1.82) is 0 Å². The van der Waals surface area contributed by atoms with E-state index >= 15 is 0 Å². The van der Waals surface area contributed by atoms with Crippen LogP contribution in [0.15, 0.2) is 42.6 Å². The Morgan fingerprint density at radius 2 is 1.91 bits per heavy atom. The Bertz CT molecular complexity index is 682. The van der Waals surface area contributed by atoms with Crippen molar-refractivity contribution in [2.75, 3.05) is 0 Å². The lowest BCUT2D eigenvalue weighted by molar-refractivity contribution is -0.142. The van der Waals surface area contributed by atoms with E-state index in [1.807, 2.05) is 18.2 Å². The van der Waals surface area contributed by atoms with E-state index in [4.69, 9.17) is 11.6 Å². The Morgan fingerprint density at radius 3 is 2.41 bits per heavy atom. The zero-order chi connectivity index (χ0) is 16.3. The Kier molecular flexibility index (Phi) is 4.88. The number of aryl methyl sites for hydroxylation is 1. The molecular formula is C16H17ClN2O3. The first-order chi connectivity index (χ1) is 10.4. The summed E-state index contributed by atoms with van der Waals surface area (Å²) in [6.07, 6.45) is 1.62. The number of nitrogens with zero attached hydrogens (tertiary/aromatic N) is 1. The minimum absolute atomic E-state index is 0.364. The second-order valence-electron chi connectivity index (χ2n) is 5.14. The predicted molar refractivity (Wildman–Crippen MR) is 83.9 cm³/mol. The van der Waals surface area contributed by atoms with Crippen LogP contribution >= 0.6 is 11.6 Å². The van der Waals surface area contributed by atoms with Gasteiger partial charge in [0.1, 0.15) is 5.69 Å². The highest BCUT2D eigenvalue weighted by Crippen LogP contribution is 2.23. The summed E-state index contributed by atoms with van der Waals surface area (Å²) in [5, 5.41) is 12.5. The molecule has 0 saturated heterocycles. The third-order valence-corrected chi connectivity index (χ3v) is 3.75. The summed E-state index contributed by atoms with van der Waals surface area (Å²) in [6, 6.07) is 9.96. The van der Waals surface area contributed by atoms with E-state index in [9.17, 15) is 14.7 Å². The van der Waals surface area contributed by atoms with E-state index in [-0.39, 0.29) is 5.91 Å². The third-order valence-electron chi connectivity index (χ3n) is 3.54. The van der Waals surface area contributed by atoms with Crippen LogP contribution in [0.2, 0.25) is 5.02 Å². The normalized spacial score (nSPS) is 13.4. The van der Waals surface area contributed by atoms with Gasteiger partial charge in [-0.1, -0.05) is 41.9 Å². The van der Waals surface area contributed by atoms with Crippen LogP contribution in [0.25, 0.3) is 0 Å². The number of carboxylic acids is 1. The van der Waals surface area contributed by atoms with Gasteiger partial charge in [0.15, 0.2) is 0 Å². The predicted octanol–water partition coefficient (Wildman–Crippen LogP) is 2.87. The van der Waals surface area contributed by atoms with Gasteiger partial charge in [0.2, 0.25) is 0 Å². The number of benzene rings is 1. The van der Waals surface area contributed by atoms with Crippen molar-refractivity contribution in [1.82, 2.24) is 9.88 Å². The Morgan fingerprint density at radius 1 is 1.27 bits per heavy atom. The van der Waals surface area contributed by atoms with Crippen molar-refractivity contribution >= 4 is 23.5 Å². The van der Waals surface area contributed by atoms with Crippen LogP contribution < -0.4 is 5.32 Å². The van der Waals surface area contributed by atoms with Gasteiger partial charge >= 0.3 is 5.97 Å². The fourth-order valence-corrected chi connectivity index (χ4v) is 2.51. The van der Waals surface area contributed by atoms with E-state index in [0.29, 0.717) is 10.7 Å². The second-order valence-corrected chi connectivity index (χ2v) is 5.58. The standard InChI is InChI=1S/C16H17ClN2O3/c1-10(16(21)22)14(11-6-4-3-5-7-11)18-15(20)13-8-12(17)9-19(13)2/h3-10,14H,1-2H3,(H,18,20)(H,21,22). The molecule has 1 heterocycles. The van der Waals surface area contributed by atoms with Crippen molar-refractivity contribution in [3.8, 4) is 0 Å². The van der Waals surface area contributed by atoms with Crippen LogP contribution in [0.1, 0.15) is 29.0 Å². The molecule has 5 nitrogen and oxygen atoms in total.